The van der Waals surface area contributed by atoms with E-state index in [9.17, 15) is 0 Å². The van der Waals surface area contributed by atoms with E-state index in [-0.39, 0.29) is 6.10 Å². The van der Waals surface area contributed by atoms with Crippen molar-refractivity contribution in [1.82, 2.24) is 4.90 Å². The quantitative estimate of drug-likeness (QED) is 0.835. The van der Waals surface area contributed by atoms with Crippen molar-refractivity contribution in [3.05, 3.63) is 59.7 Å². The predicted molar refractivity (Wildman–Crippen MR) is 94.5 cm³/mol. The molecule has 4 rings (SSSR count). The summed E-state index contributed by atoms with van der Waals surface area (Å²) in [6.07, 6.45) is 1.54. The highest BCUT2D eigenvalue weighted by atomic mass is 16.5. The maximum absolute atomic E-state index is 6.52. The molecule has 2 heterocycles. The van der Waals surface area contributed by atoms with Gasteiger partial charge in [-0.1, -0.05) is 36.4 Å². The zero-order valence-corrected chi connectivity index (χ0v) is 14.1. The molecule has 1 saturated heterocycles. The number of ether oxygens (including phenoxy) is 1. The van der Waals surface area contributed by atoms with Gasteiger partial charge >= 0.3 is 0 Å². The SMILES string of the molecule is CN(C)CC1C[C@@H]2c3ccccc3N(C)c3ccccc3[C@H]2O1. The number of anilines is 2. The first-order valence-corrected chi connectivity index (χ1v) is 8.37. The molecule has 2 aliphatic rings. The molecular weight excluding hydrogens is 284 g/mol. The van der Waals surface area contributed by atoms with Gasteiger partial charge in [0.15, 0.2) is 0 Å². The van der Waals surface area contributed by atoms with Crippen molar-refractivity contribution < 1.29 is 4.74 Å². The highest BCUT2D eigenvalue weighted by Gasteiger charge is 2.41. The summed E-state index contributed by atoms with van der Waals surface area (Å²) in [5.41, 5.74) is 5.30. The largest absolute Gasteiger partial charge is 0.368 e. The Morgan fingerprint density at radius 2 is 1.61 bits per heavy atom. The lowest BCUT2D eigenvalue weighted by molar-refractivity contribution is 0.0278. The fourth-order valence-corrected chi connectivity index (χ4v) is 4.14. The molecule has 3 nitrogen and oxygen atoms in total. The Morgan fingerprint density at radius 3 is 2.30 bits per heavy atom. The van der Waals surface area contributed by atoms with E-state index in [0.29, 0.717) is 12.0 Å². The zero-order chi connectivity index (χ0) is 16.0. The Morgan fingerprint density at radius 1 is 1.00 bits per heavy atom. The number of benzene rings is 2. The van der Waals surface area contributed by atoms with Crippen LogP contribution in [0.2, 0.25) is 0 Å². The summed E-state index contributed by atoms with van der Waals surface area (Å²) in [4.78, 5) is 4.53. The summed E-state index contributed by atoms with van der Waals surface area (Å²) >= 11 is 0. The average Bonchev–Trinajstić information content (AvgIpc) is 2.93. The number of para-hydroxylation sites is 2. The molecular formula is C20H24N2O. The first-order chi connectivity index (χ1) is 11.1. The molecule has 1 fully saturated rings. The number of likely N-dealkylation sites (N-methyl/N-ethyl adjacent to an activating group) is 1. The highest BCUT2D eigenvalue weighted by Crippen LogP contribution is 2.52. The minimum atomic E-state index is 0.155. The lowest BCUT2D eigenvalue weighted by Crippen LogP contribution is -2.25. The van der Waals surface area contributed by atoms with Crippen molar-refractivity contribution in [2.24, 2.45) is 0 Å². The van der Waals surface area contributed by atoms with E-state index >= 15 is 0 Å². The minimum absolute atomic E-state index is 0.155. The van der Waals surface area contributed by atoms with Gasteiger partial charge in [-0.3, -0.25) is 0 Å². The molecule has 0 aliphatic carbocycles. The summed E-state index contributed by atoms with van der Waals surface area (Å²) in [5, 5.41) is 0. The van der Waals surface area contributed by atoms with E-state index in [4.69, 9.17) is 4.74 Å². The Bertz CT molecular complexity index is 657. The van der Waals surface area contributed by atoms with E-state index in [2.05, 4.69) is 79.5 Å². The monoisotopic (exact) mass is 308 g/mol. The maximum Gasteiger partial charge on any atom is 0.0919 e. The molecule has 0 bridgehead atoms. The second kappa shape index (κ2) is 5.66. The van der Waals surface area contributed by atoms with Crippen LogP contribution in [0, 0.1) is 0 Å². The first-order valence-electron chi connectivity index (χ1n) is 8.37. The van der Waals surface area contributed by atoms with Crippen LogP contribution < -0.4 is 4.90 Å². The van der Waals surface area contributed by atoms with Crippen molar-refractivity contribution >= 4 is 11.4 Å². The second-order valence-electron chi connectivity index (χ2n) is 6.96. The number of nitrogens with zero attached hydrogens (tertiary/aromatic N) is 2. The zero-order valence-electron chi connectivity index (χ0n) is 14.1. The number of hydrogen-bond acceptors (Lipinski definition) is 3. The normalized spacial score (nSPS) is 25.7. The Balaban J connectivity index is 1.83. The van der Waals surface area contributed by atoms with Gasteiger partial charge in [-0.25, -0.2) is 0 Å². The maximum atomic E-state index is 6.52. The van der Waals surface area contributed by atoms with Gasteiger partial charge in [0.1, 0.15) is 0 Å². The smallest absolute Gasteiger partial charge is 0.0919 e. The van der Waals surface area contributed by atoms with Crippen LogP contribution in [-0.2, 0) is 4.74 Å². The summed E-state index contributed by atoms with van der Waals surface area (Å²) in [7, 11) is 6.40. The Labute approximate surface area is 138 Å². The summed E-state index contributed by atoms with van der Waals surface area (Å²) in [6, 6.07) is 17.5. The fourth-order valence-electron chi connectivity index (χ4n) is 4.14. The van der Waals surface area contributed by atoms with E-state index < -0.39 is 0 Å². The molecule has 0 radical (unpaired) electrons. The van der Waals surface area contributed by atoms with Crippen molar-refractivity contribution in [2.75, 3.05) is 32.6 Å². The van der Waals surface area contributed by atoms with Gasteiger partial charge in [-0.2, -0.15) is 0 Å². The first kappa shape index (κ1) is 14.7. The molecule has 1 unspecified atom stereocenters. The van der Waals surface area contributed by atoms with Crippen LogP contribution in [-0.4, -0.2) is 38.7 Å². The van der Waals surface area contributed by atoms with E-state index in [0.717, 1.165) is 13.0 Å². The van der Waals surface area contributed by atoms with Crippen LogP contribution in [0.4, 0.5) is 11.4 Å². The van der Waals surface area contributed by atoms with Crippen LogP contribution >= 0.6 is 0 Å². The van der Waals surface area contributed by atoms with Crippen molar-refractivity contribution in [3.8, 4) is 0 Å². The van der Waals surface area contributed by atoms with Crippen LogP contribution in [0.15, 0.2) is 48.5 Å². The molecule has 0 aromatic heterocycles. The standard InChI is InChI=1S/C20H24N2O/c1-21(2)13-14-12-17-15-8-4-6-10-18(15)22(3)19-11-7-5-9-16(19)20(17)23-14/h4-11,14,17,20H,12-13H2,1-3H3/t14?,17-,20-/m1/s1. The third kappa shape index (κ3) is 2.44. The summed E-state index contributed by atoms with van der Waals surface area (Å²) in [6.45, 7) is 0.979. The molecule has 120 valence electrons. The van der Waals surface area contributed by atoms with Crippen molar-refractivity contribution in [1.29, 1.82) is 0 Å². The molecule has 2 aromatic rings. The van der Waals surface area contributed by atoms with Crippen LogP contribution in [0.5, 0.6) is 0 Å². The topological polar surface area (TPSA) is 15.7 Å². The molecule has 2 aliphatic heterocycles. The summed E-state index contributed by atoms with van der Waals surface area (Å²) in [5.74, 6) is 0.433. The molecule has 2 aromatic carbocycles. The molecule has 0 N–H and O–H groups in total. The van der Waals surface area contributed by atoms with Gasteiger partial charge in [0.05, 0.1) is 12.2 Å². The molecule has 3 atom stereocenters. The molecule has 23 heavy (non-hydrogen) atoms. The van der Waals surface area contributed by atoms with E-state index in [1.165, 1.54) is 22.5 Å². The van der Waals surface area contributed by atoms with Crippen molar-refractivity contribution in [3.63, 3.8) is 0 Å². The molecule has 0 amide bonds. The summed E-state index contributed by atoms with van der Waals surface area (Å²) < 4.78 is 6.52. The third-order valence-corrected chi connectivity index (χ3v) is 5.09. The lowest BCUT2D eigenvalue weighted by atomic mass is 9.87. The average molecular weight is 308 g/mol. The molecule has 0 spiro atoms. The Kier molecular flexibility index (Phi) is 3.63. The Hall–Kier alpha value is -1.84. The van der Waals surface area contributed by atoms with E-state index in [1.54, 1.807) is 0 Å². The fraction of sp³-hybridized carbons (Fsp3) is 0.400. The van der Waals surface area contributed by atoms with Gasteiger partial charge in [0.2, 0.25) is 0 Å². The molecule has 3 heteroatoms. The van der Waals surface area contributed by atoms with Crippen LogP contribution in [0.1, 0.15) is 29.6 Å². The van der Waals surface area contributed by atoms with Gasteiger partial charge in [0, 0.05) is 36.4 Å². The number of rotatable bonds is 2. The van der Waals surface area contributed by atoms with Gasteiger partial charge in [-0.15, -0.1) is 0 Å². The number of hydrogen-bond donors (Lipinski definition) is 0. The van der Waals surface area contributed by atoms with Crippen molar-refractivity contribution in [2.45, 2.75) is 24.5 Å². The van der Waals surface area contributed by atoms with Crippen LogP contribution in [0.3, 0.4) is 0 Å². The molecule has 0 saturated carbocycles. The second-order valence-corrected chi connectivity index (χ2v) is 6.96. The minimum Gasteiger partial charge on any atom is -0.368 e. The third-order valence-electron chi connectivity index (χ3n) is 5.09. The predicted octanol–water partition coefficient (Wildman–Crippen LogP) is 3.94. The van der Waals surface area contributed by atoms with E-state index in [1.807, 2.05) is 0 Å². The van der Waals surface area contributed by atoms with Crippen LogP contribution in [0.25, 0.3) is 0 Å². The van der Waals surface area contributed by atoms with Gasteiger partial charge in [0.25, 0.3) is 0 Å². The lowest BCUT2D eigenvalue weighted by Gasteiger charge is -2.23. The number of fused-ring (bicyclic) bond motifs is 5. The van der Waals surface area contributed by atoms with Gasteiger partial charge < -0.3 is 14.5 Å². The van der Waals surface area contributed by atoms with Gasteiger partial charge in [-0.05, 0) is 38.2 Å². The highest BCUT2D eigenvalue weighted by molar-refractivity contribution is 5.72.